The molecule has 3 rings (SSSR count). The number of halogens is 1. The van der Waals surface area contributed by atoms with Gasteiger partial charge in [-0.3, -0.25) is 9.89 Å². The van der Waals surface area contributed by atoms with Crippen molar-refractivity contribution in [2.45, 2.75) is 32.2 Å². The van der Waals surface area contributed by atoms with Crippen molar-refractivity contribution >= 4 is 41.3 Å². The summed E-state index contributed by atoms with van der Waals surface area (Å²) in [5.41, 5.74) is 2.48. The second kappa shape index (κ2) is 12.5. The molecule has 0 aliphatic carbocycles. The Kier molecular flexibility index (Phi) is 10.4. The SMILES string of the molecule is CN=C(NCCc1cc(C)ccc1OC)NCC1CCCN(C)C1c1cccs1.I. The second-order valence-electron chi connectivity index (χ2n) is 7.79. The van der Waals surface area contributed by atoms with Crippen molar-refractivity contribution in [2.24, 2.45) is 10.9 Å². The van der Waals surface area contributed by atoms with Gasteiger partial charge in [0.2, 0.25) is 0 Å². The number of aryl methyl sites for hydroxylation is 1. The van der Waals surface area contributed by atoms with E-state index >= 15 is 0 Å². The van der Waals surface area contributed by atoms with Gasteiger partial charge in [0, 0.05) is 31.1 Å². The lowest BCUT2D eigenvalue weighted by atomic mass is 9.88. The third-order valence-corrected chi connectivity index (χ3v) is 6.66. The molecule has 166 valence electrons. The number of aliphatic imine (C=N–C) groups is 1. The van der Waals surface area contributed by atoms with Crippen LogP contribution in [0.15, 0.2) is 40.7 Å². The Morgan fingerprint density at radius 1 is 1.30 bits per heavy atom. The number of thiophene rings is 1. The summed E-state index contributed by atoms with van der Waals surface area (Å²) in [7, 11) is 5.82. The molecule has 2 heterocycles. The normalized spacial score (nSPS) is 19.8. The molecule has 2 unspecified atom stereocenters. The molecule has 0 radical (unpaired) electrons. The number of nitrogens with zero attached hydrogens (tertiary/aromatic N) is 2. The highest BCUT2D eigenvalue weighted by Gasteiger charge is 2.31. The predicted molar refractivity (Wildman–Crippen MR) is 139 cm³/mol. The summed E-state index contributed by atoms with van der Waals surface area (Å²) >= 11 is 1.87. The van der Waals surface area contributed by atoms with E-state index in [0.29, 0.717) is 12.0 Å². The minimum absolute atomic E-state index is 0. The maximum atomic E-state index is 5.49. The third-order valence-electron chi connectivity index (χ3n) is 5.72. The number of ether oxygens (including phenoxy) is 1. The molecule has 5 nitrogen and oxygen atoms in total. The zero-order valence-corrected chi connectivity index (χ0v) is 21.6. The quantitative estimate of drug-likeness (QED) is 0.308. The van der Waals surface area contributed by atoms with E-state index in [0.717, 1.165) is 31.2 Å². The summed E-state index contributed by atoms with van der Waals surface area (Å²) in [6, 6.07) is 11.2. The molecule has 0 saturated carbocycles. The zero-order valence-electron chi connectivity index (χ0n) is 18.5. The number of rotatable bonds is 7. The summed E-state index contributed by atoms with van der Waals surface area (Å²) in [6.45, 7) is 5.03. The average molecular weight is 543 g/mol. The molecule has 1 aromatic heterocycles. The molecule has 0 bridgehead atoms. The Morgan fingerprint density at radius 2 is 2.13 bits per heavy atom. The van der Waals surface area contributed by atoms with Crippen molar-refractivity contribution in [3.63, 3.8) is 0 Å². The van der Waals surface area contributed by atoms with Gasteiger partial charge in [0.1, 0.15) is 5.75 Å². The van der Waals surface area contributed by atoms with E-state index in [1.165, 1.54) is 35.4 Å². The fourth-order valence-corrected chi connectivity index (χ4v) is 5.23. The van der Waals surface area contributed by atoms with Crippen molar-refractivity contribution in [1.82, 2.24) is 15.5 Å². The van der Waals surface area contributed by atoms with Crippen LogP contribution < -0.4 is 15.4 Å². The molecule has 1 aromatic carbocycles. The monoisotopic (exact) mass is 542 g/mol. The molecule has 7 heteroatoms. The van der Waals surface area contributed by atoms with Gasteiger partial charge in [-0.1, -0.05) is 23.8 Å². The minimum atomic E-state index is 0. The van der Waals surface area contributed by atoms with Gasteiger partial charge in [0.15, 0.2) is 5.96 Å². The maximum absolute atomic E-state index is 5.49. The smallest absolute Gasteiger partial charge is 0.190 e. The van der Waals surface area contributed by atoms with Gasteiger partial charge in [-0.2, -0.15) is 0 Å². The highest BCUT2D eigenvalue weighted by molar-refractivity contribution is 14.0. The number of hydrogen-bond donors (Lipinski definition) is 2. The first-order valence-corrected chi connectivity index (χ1v) is 11.3. The summed E-state index contributed by atoms with van der Waals surface area (Å²) in [4.78, 5) is 8.39. The first-order valence-electron chi connectivity index (χ1n) is 10.4. The molecule has 2 N–H and O–H groups in total. The minimum Gasteiger partial charge on any atom is -0.496 e. The summed E-state index contributed by atoms with van der Waals surface area (Å²) in [5.74, 6) is 2.40. The molecule has 0 amide bonds. The van der Waals surface area contributed by atoms with Crippen LogP contribution in [0.2, 0.25) is 0 Å². The number of methoxy groups -OCH3 is 1. The van der Waals surface area contributed by atoms with Crippen molar-refractivity contribution < 1.29 is 4.74 Å². The topological polar surface area (TPSA) is 48.9 Å². The third kappa shape index (κ3) is 6.59. The first kappa shape index (κ1) is 24.9. The van der Waals surface area contributed by atoms with Gasteiger partial charge in [0.25, 0.3) is 0 Å². The molecule has 1 fully saturated rings. The van der Waals surface area contributed by atoms with Gasteiger partial charge in [-0.05, 0) is 68.8 Å². The Labute approximate surface area is 202 Å². The zero-order chi connectivity index (χ0) is 20.6. The molecule has 2 aromatic rings. The number of likely N-dealkylation sites (tertiary alicyclic amines) is 1. The molecule has 2 atom stereocenters. The lowest BCUT2D eigenvalue weighted by Crippen LogP contribution is -2.45. The molecule has 1 aliphatic heterocycles. The van der Waals surface area contributed by atoms with Gasteiger partial charge in [-0.15, -0.1) is 35.3 Å². The van der Waals surface area contributed by atoms with Gasteiger partial charge >= 0.3 is 0 Å². The van der Waals surface area contributed by atoms with Crippen molar-refractivity contribution in [2.75, 3.05) is 40.8 Å². The number of benzene rings is 1. The van der Waals surface area contributed by atoms with Crippen LogP contribution in [0.4, 0.5) is 0 Å². The van der Waals surface area contributed by atoms with Crippen LogP contribution in [-0.2, 0) is 6.42 Å². The molecule has 0 spiro atoms. The van der Waals surface area contributed by atoms with E-state index in [1.807, 2.05) is 24.5 Å². The van der Waals surface area contributed by atoms with Crippen LogP contribution in [0.1, 0.15) is 34.9 Å². The lowest BCUT2D eigenvalue weighted by molar-refractivity contribution is 0.125. The van der Waals surface area contributed by atoms with Crippen LogP contribution in [-0.4, -0.2) is 51.7 Å². The molecule has 30 heavy (non-hydrogen) atoms. The van der Waals surface area contributed by atoms with Crippen LogP contribution >= 0.6 is 35.3 Å². The van der Waals surface area contributed by atoms with Gasteiger partial charge in [-0.25, -0.2) is 0 Å². The van der Waals surface area contributed by atoms with E-state index in [1.54, 1.807) is 7.11 Å². The van der Waals surface area contributed by atoms with E-state index in [4.69, 9.17) is 4.74 Å². The molecular formula is C23H35IN4OS. The van der Waals surface area contributed by atoms with Crippen LogP contribution in [0.25, 0.3) is 0 Å². The fraction of sp³-hybridized carbons (Fsp3) is 0.522. The van der Waals surface area contributed by atoms with Gasteiger partial charge < -0.3 is 15.4 Å². The second-order valence-corrected chi connectivity index (χ2v) is 8.77. The Hall–Kier alpha value is -1.32. The average Bonchev–Trinajstić information content (AvgIpc) is 3.25. The predicted octanol–water partition coefficient (Wildman–Crippen LogP) is 4.47. The summed E-state index contributed by atoms with van der Waals surface area (Å²) in [6.07, 6.45) is 3.40. The van der Waals surface area contributed by atoms with Crippen LogP contribution in [0, 0.1) is 12.8 Å². The summed E-state index contributed by atoms with van der Waals surface area (Å²) in [5, 5.41) is 9.21. The number of nitrogens with one attached hydrogen (secondary N) is 2. The summed E-state index contributed by atoms with van der Waals surface area (Å²) < 4.78 is 5.49. The first-order chi connectivity index (χ1) is 14.1. The Balaban J connectivity index is 0.00000320. The highest BCUT2D eigenvalue weighted by atomic mass is 127. The van der Waals surface area contributed by atoms with Crippen molar-refractivity contribution in [1.29, 1.82) is 0 Å². The fourth-order valence-electron chi connectivity index (χ4n) is 4.25. The van der Waals surface area contributed by atoms with E-state index in [2.05, 4.69) is 64.1 Å². The van der Waals surface area contributed by atoms with E-state index < -0.39 is 0 Å². The molecule has 1 aliphatic rings. The Bertz CT molecular complexity index is 797. The highest BCUT2D eigenvalue weighted by Crippen LogP contribution is 2.36. The Morgan fingerprint density at radius 3 is 2.83 bits per heavy atom. The maximum Gasteiger partial charge on any atom is 0.190 e. The largest absolute Gasteiger partial charge is 0.496 e. The van der Waals surface area contributed by atoms with Crippen molar-refractivity contribution in [3.8, 4) is 5.75 Å². The molecule has 1 saturated heterocycles. The number of piperidine rings is 1. The lowest BCUT2D eigenvalue weighted by Gasteiger charge is -2.39. The number of hydrogen-bond acceptors (Lipinski definition) is 4. The molecular weight excluding hydrogens is 507 g/mol. The van der Waals surface area contributed by atoms with Crippen LogP contribution in [0.5, 0.6) is 5.75 Å². The van der Waals surface area contributed by atoms with Crippen molar-refractivity contribution in [3.05, 3.63) is 51.7 Å². The van der Waals surface area contributed by atoms with Gasteiger partial charge in [0.05, 0.1) is 7.11 Å². The van der Waals surface area contributed by atoms with Crippen LogP contribution in [0.3, 0.4) is 0 Å². The van der Waals surface area contributed by atoms with E-state index in [9.17, 15) is 0 Å². The van der Waals surface area contributed by atoms with E-state index in [-0.39, 0.29) is 24.0 Å². The number of guanidine groups is 1. The standard InChI is InChI=1S/C23H34N4OS.HI/c1-17-9-10-20(28-4)18(15-17)11-12-25-23(24-2)26-16-19-7-5-13-27(3)22(19)21-8-6-14-29-21;/h6,8-10,14-15,19,22H,5,7,11-13,16H2,1-4H3,(H2,24,25,26);1H.